The lowest BCUT2D eigenvalue weighted by atomic mass is 9.98. The Balaban J connectivity index is 1.71. The van der Waals surface area contributed by atoms with Gasteiger partial charge in [0.25, 0.3) is 6.01 Å². The Kier molecular flexibility index (Phi) is 6.42. The van der Waals surface area contributed by atoms with Gasteiger partial charge in [0.1, 0.15) is 11.3 Å². The zero-order valence-electron chi connectivity index (χ0n) is 19.4. The van der Waals surface area contributed by atoms with E-state index in [2.05, 4.69) is 25.6 Å². The van der Waals surface area contributed by atoms with Gasteiger partial charge in [-0.2, -0.15) is 10.2 Å². The number of nitrogens with one attached hydrogen (secondary N) is 1. The van der Waals surface area contributed by atoms with E-state index in [0.717, 1.165) is 22.3 Å². The molecular formula is C24H26N6O4. The van der Waals surface area contributed by atoms with E-state index in [1.807, 2.05) is 55.5 Å². The molecule has 0 atom stereocenters. The summed E-state index contributed by atoms with van der Waals surface area (Å²) in [7, 11) is 1.30. The molecule has 0 fully saturated rings. The van der Waals surface area contributed by atoms with E-state index in [9.17, 15) is 9.90 Å². The molecule has 0 unspecified atom stereocenters. The van der Waals surface area contributed by atoms with Crippen molar-refractivity contribution in [3.05, 3.63) is 65.5 Å². The number of aromatic nitrogens is 6. The maximum atomic E-state index is 12.6. The van der Waals surface area contributed by atoms with Crippen molar-refractivity contribution in [2.75, 3.05) is 13.7 Å². The number of nitrogens with zero attached hydrogens (tertiary/aromatic N) is 5. The number of esters is 1. The monoisotopic (exact) mass is 462 g/mol. The van der Waals surface area contributed by atoms with Crippen molar-refractivity contribution < 1.29 is 19.4 Å². The Hall–Kier alpha value is -4.05. The summed E-state index contributed by atoms with van der Waals surface area (Å²) < 4.78 is 12.3. The van der Waals surface area contributed by atoms with Crippen LogP contribution in [0.3, 0.4) is 0 Å². The molecule has 10 nitrogen and oxygen atoms in total. The van der Waals surface area contributed by atoms with E-state index in [1.54, 1.807) is 18.4 Å². The number of imidazole rings is 1. The first-order valence-electron chi connectivity index (χ1n) is 10.8. The lowest BCUT2D eigenvalue weighted by molar-refractivity contribution is 0.0532. The summed E-state index contributed by atoms with van der Waals surface area (Å²) in [6, 6.07) is 15.9. The number of carbonyl (C=O) groups excluding carboxylic acids is 1. The van der Waals surface area contributed by atoms with E-state index in [0.29, 0.717) is 19.0 Å². The Bertz CT molecular complexity index is 1270. The van der Waals surface area contributed by atoms with Gasteiger partial charge >= 0.3 is 5.97 Å². The summed E-state index contributed by atoms with van der Waals surface area (Å²) in [6.45, 7) is 5.62. The number of methoxy groups -OCH3 is 1. The Labute approximate surface area is 196 Å². The topological polar surface area (TPSA) is 128 Å². The molecule has 0 saturated carbocycles. The quantitative estimate of drug-likeness (QED) is 0.382. The fraction of sp³-hybridized carbons (Fsp3) is 0.292. The summed E-state index contributed by atoms with van der Waals surface area (Å²) in [6.07, 6.45) is 0. The summed E-state index contributed by atoms with van der Waals surface area (Å²) >= 11 is 0. The van der Waals surface area contributed by atoms with Gasteiger partial charge in [-0.05, 0) is 42.7 Å². The summed E-state index contributed by atoms with van der Waals surface area (Å²) in [4.78, 5) is 17.0. The lowest BCUT2D eigenvalue weighted by Gasteiger charge is -2.17. The highest BCUT2D eigenvalue weighted by molar-refractivity contribution is 5.89. The van der Waals surface area contributed by atoms with Crippen LogP contribution in [-0.2, 0) is 16.9 Å². The molecule has 2 N–H and O–H groups in total. The molecule has 4 rings (SSSR count). The van der Waals surface area contributed by atoms with Gasteiger partial charge in [0.15, 0.2) is 5.69 Å². The fourth-order valence-corrected chi connectivity index (χ4v) is 3.73. The number of aromatic amines is 1. The van der Waals surface area contributed by atoms with Crippen molar-refractivity contribution in [3.8, 4) is 28.5 Å². The van der Waals surface area contributed by atoms with E-state index >= 15 is 0 Å². The maximum Gasteiger partial charge on any atom is 0.356 e. The van der Waals surface area contributed by atoms with Crippen LogP contribution >= 0.6 is 0 Å². The van der Waals surface area contributed by atoms with Gasteiger partial charge in [0, 0.05) is 5.56 Å². The molecule has 34 heavy (non-hydrogen) atoms. The SMILES string of the molecule is CCOc1nc(C(C)(C)O)c(C(=O)OC)n1Cc1ccc(-c2ccccc2-c2nn[nH]n2)cc1. The molecule has 176 valence electrons. The summed E-state index contributed by atoms with van der Waals surface area (Å²) in [5, 5.41) is 24.9. The molecule has 0 amide bonds. The van der Waals surface area contributed by atoms with Crippen molar-refractivity contribution in [2.24, 2.45) is 0 Å². The molecule has 4 aromatic rings. The van der Waals surface area contributed by atoms with Crippen molar-refractivity contribution in [1.29, 1.82) is 0 Å². The van der Waals surface area contributed by atoms with E-state index < -0.39 is 11.6 Å². The largest absolute Gasteiger partial charge is 0.465 e. The second-order valence-corrected chi connectivity index (χ2v) is 8.14. The smallest absolute Gasteiger partial charge is 0.356 e. The third-order valence-electron chi connectivity index (χ3n) is 5.28. The molecule has 0 radical (unpaired) electrons. The molecule has 0 aliphatic carbocycles. The zero-order valence-corrected chi connectivity index (χ0v) is 19.4. The molecular weight excluding hydrogens is 436 g/mol. The molecule has 0 aliphatic rings. The number of hydrogen-bond acceptors (Lipinski definition) is 8. The number of aliphatic hydroxyl groups is 1. The van der Waals surface area contributed by atoms with Crippen LogP contribution in [0.25, 0.3) is 22.5 Å². The normalized spacial score (nSPS) is 11.4. The van der Waals surface area contributed by atoms with Gasteiger partial charge in [-0.25, -0.2) is 4.79 Å². The fourth-order valence-electron chi connectivity index (χ4n) is 3.73. The maximum absolute atomic E-state index is 12.6. The minimum atomic E-state index is -1.36. The second kappa shape index (κ2) is 9.44. The van der Waals surface area contributed by atoms with Crippen LogP contribution in [0.5, 0.6) is 6.01 Å². The minimum Gasteiger partial charge on any atom is -0.465 e. The van der Waals surface area contributed by atoms with Crippen LogP contribution in [0.2, 0.25) is 0 Å². The Morgan fingerprint density at radius 2 is 1.82 bits per heavy atom. The van der Waals surface area contributed by atoms with Crippen molar-refractivity contribution in [1.82, 2.24) is 30.2 Å². The van der Waals surface area contributed by atoms with Crippen LogP contribution < -0.4 is 4.74 Å². The highest BCUT2D eigenvalue weighted by Gasteiger charge is 2.33. The number of hydrogen-bond donors (Lipinski definition) is 2. The van der Waals surface area contributed by atoms with Gasteiger partial charge in [0.05, 0.1) is 20.3 Å². The lowest BCUT2D eigenvalue weighted by Crippen LogP contribution is -2.22. The third kappa shape index (κ3) is 4.53. The van der Waals surface area contributed by atoms with Gasteiger partial charge in [-0.15, -0.1) is 10.2 Å². The van der Waals surface area contributed by atoms with Crippen molar-refractivity contribution >= 4 is 5.97 Å². The third-order valence-corrected chi connectivity index (χ3v) is 5.28. The number of ether oxygens (including phenoxy) is 2. The average molecular weight is 463 g/mol. The average Bonchev–Trinajstić information content (AvgIpc) is 3.48. The summed E-state index contributed by atoms with van der Waals surface area (Å²) in [5.41, 5.74) is 2.71. The molecule has 2 heterocycles. The standard InChI is InChI=1S/C24H26N6O4/c1-5-34-23-25-20(24(2,3)32)19(22(31)33-4)30(23)14-15-10-12-16(13-11-15)17-8-6-7-9-18(17)21-26-28-29-27-21/h6-13,32H,5,14H2,1-4H3,(H,26,27,28,29). The predicted molar refractivity (Wildman–Crippen MR) is 124 cm³/mol. The number of H-pyrrole nitrogens is 1. The molecule has 0 spiro atoms. The van der Waals surface area contributed by atoms with Crippen molar-refractivity contribution in [3.63, 3.8) is 0 Å². The molecule has 10 heteroatoms. The Morgan fingerprint density at radius 3 is 2.41 bits per heavy atom. The molecule has 2 aromatic heterocycles. The van der Waals surface area contributed by atoms with Crippen LogP contribution in [0.4, 0.5) is 0 Å². The first-order chi connectivity index (χ1) is 16.3. The van der Waals surface area contributed by atoms with E-state index in [4.69, 9.17) is 9.47 Å². The van der Waals surface area contributed by atoms with Gasteiger partial charge in [0.2, 0.25) is 5.82 Å². The molecule has 0 bridgehead atoms. The van der Waals surface area contributed by atoms with Crippen LogP contribution in [0.1, 0.15) is 42.5 Å². The highest BCUT2D eigenvalue weighted by atomic mass is 16.5. The van der Waals surface area contributed by atoms with Gasteiger partial charge < -0.3 is 14.6 Å². The predicted octanol–water partition coefficient (Wildman–Crippen LogP) is 3.19. The van der Waals surface area contributed by atoms with Crippen LogP contribution in [-0.4, -0.2) is 55.0 Å². The van der Waals surface area contributed by atoms with E-state index in [-0.39, 0.29) is 17.4 Å². The zero-order chi connectivity index (χ0) is 24.3. The first kappa shape index (κ1) is 23.1. The summed E-state index contributed by atoms with van der Waals surface area (Å²) in [5.74, 6) is -0.0810. The number of carbonyl (C=O) groups is 1. The molecule has 2 aromatic carbocycles. The second-order valence-electron chi connectivity index (χ2n) is 8.14. The molecule has 0 saturated heterocycles. The van der Waals surface area contributed by atoms with Crippen molar-refractivity contribution in [2.45, 2.75) is 32.9 Å². The van der Waals surface area contributed by atoms with Gasteiger partial charge in [-0.3, -0.25) is 4.57 Å². The van der Waals surface area contributed by atoms with Crippen LogP contribution in [0.15, 0.2) is 48.5 Å². The van der Waals surface area contributed by atoms with Crippen LogP contribution in [0, 0.1) is 0 Å². The number of tetrazole rings is 1. The van der Waals surface area contributed by atoms with E-state index in [1.165, 1.54) is 7.11 Å². The van der Waals surface area contributed by atoms with Gasteiger partial charge in [-0.1, -0.05) is 48.5 Å². The minimum absolute atomic E-state index is 0.157. The molecule has 0 aliphatic heterocycles. The number of rotatable bonds is 8. The highest BCUT2D eigenvalue weighted by Crippen LogP contribution is 2.31. The number of benzene rings is 2. The Morgan fingerprint density at radius 1 is 1.12 bits per heavy atom. The first-order valence-corrected chi connectivity index (χ1v) is 10.8.